The van der Waals surface area contributed by atoms with Crippen molar-refractivity contribution in [1.29, 1.82) is 0 Å². The maximum atomic E-state index is 11.7. The number of nitrogens with zero attached hydrogens (tertiary/aromatic N) is 2. The van der Waals surface area contributed by atoms with Gasteiger partial charge in [-0.1, -0.05) is 13.8 Å². The van der Waals surface area contributed by atoms with E-state index >= 15 is 0 Å². The summed E-state index contributed by atoms with van der Waals surface area (Å²) in [6.45, 7) is 4.08. The van der Waals surface area contributed by atoms with Gasteiger partial charge in [-0.2, -0.15) is 4.98 Å². The molecule has 9 heteroatoms. The van der Waals surface area contributed by atoms with E-state index in [9.17, 15) is 9.32 Å². The zero-order valence-electron chi connectivity index (χ0n) is 14.1. The summed E-state index contributed by atoms with van der Waals surface area (Å²) in [4.78, 5) is 9.20. The van der Waals surface area contributed by atoms with Crippen LogP contribution >= 0.6 is 22.6 Å². The zero-order chi connectivity index (χ0) is 18.6. The summed E-state index contributed by atoms with van der Waals surface area (Å²) >= 11 is 2.14. The van der Waals surface area contributed by atoms with Crippen molar-refractivity contribution < 1.29 is 9.32 Å². The van der Waals surface area contributed by atoms with Crippen LogP contribution in [0.3, 0.4) is 0 Å². The second kappa shape index (κ2) is 8.30. The van der Waals surface area contributed by atoms with Gasteiger partial charge >= 0.3 is 0 Å². The monoisotopic (exact) mass is 475 g/mol. The number of aliphatic hydroxyl groups excluding tert-OH is 1. The molecule has 0 amide bonds. The van der Waals surface area contributed by atoms with Gasteiger partial charge in [0.2, 0.25) is 5.95 Å². The zero-order valence-corrected chi connectivity index (χ0v) is 17.0. The number of halogens is 1. The summed E-state index contributed by atoms with van der Waals surface area (Å²) < 4.78 is 12.6. The third-order valence-electron chi connectivity index (χ3n) is 3.58. The Morgan fingerprint density at radius 2 is 2.00 bits per heavy atom. The highest BCUT2D eigenvalue weighted by Gasteiger charge is 2.15. The fourth-order valence-electron chi connectivity index (χ4n) is 2.03. The molecule has 7 nitrogen and oxygen atoms in total. The van der Waals surface area contributed by atoms with Gasteiger partial charge in [0.1, 0.15) is 5.82 Å². The third kappa shape index (κ3) is 5.53. The van der Waals surface area contributed by atoms with Gasteiger partial charge in [0.05, 0.1) is 25.9 Å². The quantitative estimate of drug-likeness (QED) is 0.361. The Kier molecular flexibility index (Phi) is 6.60. The lowest BCUT2D eigenvalue weighted by Crippen LogP contribution is -2.30. The number of rotatable bonds is 7. The molecule has 25 heavy (non-hydrogen) atoms. The number of aromatic nitrogens is 2. The molecule has 136 valence electrons. The number of aliphatic hydroxyl groups is 1. The number of hydrogen-bond donors (Lipinski definition) is 4. The SMILES string of the molecule is C=S(N)(=O)c1ccc(Nc2ncc(I)c(N[C@@H](CO)C(C)C)n2)cc1. The standard InChI is InChI=1S/C16H22IN5O2S/c1-10(2)14(9-23)21-15-13(17)8-19-16(22-15)20-11-4-6-12(7-5-11)25(3,18)24/h4-8,10,14,23H,3,9H2,1-2H3,(H2,18,24)(H2,19,20,21,22)/t14-,25?/m0/s1. The van der Waals surface area contributed by atoms with E-state index in [0.717, 1.165) is 9.26 Å². The first kappa shape index (κ1) is 19.9. The summed E-state index contributed by atoms with van der Waals surface area (Å²) in [7, 11) is -2.72. The summed E-state index contributed by atoms with van der Waals surface area (Å²) in [5.41, 5.74) is 0.738. The maximum Gasteiger partial charge on any atom is 0.229 e. The number of anilines is 3. The Hall–Kier alpha value is -1.43. The lowest BCUT2D eigenvalue weighted by Gasteiger charge is -2.21. The molecule has 1 aromatic heterocycles. The Morgan fingerprint density at radius 1 is 1.36 bits per heavy atom. The fourth-order valence-corrected chi connectivity index (χ4v) is 3.04. The molecule has 1 unspecified atom stereocenters. The normalized spacial score (nSPS) is 14.8. The molecule has 0 saturated carbocycles. The van der Waals surface area contributed by atoms with Crippen molar-refractivity contribution >= 4 is 55.6 Å². The minimum absolute atomic E-state index is 0.0192. The highest BCUT2D eigenvalue weighted by atomic mass is 127. The van der Waals surface area contributed by atoms with Gasteiger partial charge in [-0.05, 0) is 58.6 Å². The summed E-state index contributed by atoms with van der Waals surface area (Å²) in [5.74, 6) is 4.79. The van der Waals surface area contributed by atoms with E-state index in [4.69, 9.17) is 5.14 Å². The minimum atomic E-state index is -2.72. The smallest absolute Gasteiger partial charge is 0.229 e. The van der Waals surface area contributed by atoms with Crippen LogP contribution in [0, 0.1) is 9.49 Å². The number of benzene rings is 1. The number of hydrogen-bond acceptors (Lipinski definition) is 6. The Morgan fingerprint density at radius 3 is 2.52 bits per heavy atom. The van der Waals surface area contributed by atoms with Crippen LogP contribution in [0.15, 0.2) is 35.4 Å². The van der Waals surface area contributed by atoms with E-state index < -0.39 is 9.71 Å². The second-order valence-electron chi connectivity index (χ2n) is 5.94. The van der Waals surface area contributed by atoms with Gasteiger partial charge in [-0.3, -0.25) is 5.14 Å². The van der Waals surface area contributed by atoms with Gasteiger partial charge in [0.25, 0.3) is 0 Å². The Balaban J connectivity index is 2.19. The fraction of sp³-hybridized carbons (Fsp3) is 0.312. The molecule has 0 aliphatic heterocycles. The summed E-state index contributed by atoms with van der Waals surface area (Å²) in [6, 6.07) is 6.71. The lowest BCUT2D eigenvalue weighted by molar-refractivity contribution is 0.249. The predicted octanol–water partition coefficient (Wildman–Crippen LogP) is 2.20. The topological polar surface area (TPSA) is 113 Å². The van der Waals surface area contributed by atoms with Crippen molar-refractivity contribution in [1.82, 2.24) is 9.97 Å². The number of nitrogens with two attached hydrogens (primary N) is 1. The third-order valence-corrected chi connectivity index (χ3v) is 5.44. The van der Waals surface area contributed by atoms with E-state index in [1.54, 1.807) is 30.5 Å². The second-order valence-corrected chi connectivity index (χ2v) is 9.03. The van der Waals surface area contributed by atoms with Crippen LogP contribution in [-0.4, -0.2) is 37.8 Å². The van der Waals surface area contributed by atoms with E-state index in [1.807, 2.05) is 13.8 Å². The summed E-state index contributed by atoms with van der Waals surface area (Å²) in [5, 5.41) is 21.3. The lowest BCUT2D eigenvalue weighted by atomic mass is 10.1. The molecule has 1 heterocycles. The molecule has 2 atom stereocenters. The molecule has 0 radical (unpaired) electrons. The molecular formula is C16H22IN5O2S. The first-order valence-electron chi connectivity index (χ1n) is 7.62. The van der Waals surface area contributed by atoms with E-state index in [1.165, 1.54) is 0 Å². The van der Waals surface area contributed by atoms with Gasteiger partial charge in [0.15, 0.2) is 0 Å². The van der Waals surface area contributed by atoms with Crippen LogP contribution in [0.4, 0.5) is 17.5 Å². The summed E-state index contributed by atoms with van der Waals surface area (Å²) in [6.07, 6.45) is 1.70. The molecule has 0 aliphatic carbocycles. The van der Waals surface area contributed by atoms with Crippen LogP contribution in [0.1, 0.15) is 13.8 Å². The highest BCUT2D eigenvalue weighted by Crippen LogP contribution is 2.21. The minimum Gasteiger partial charge on any atom is -0.394 e. The Labute approximate surface area is 161 Å². The predicted molar refractivity (Wildman–Crippen MR) is 112 cm³/mol. The first-order valence-corrected chi connectivity index (χ1v) is 10.5. The van der Waals surface area contributed by atoms with Crippen molar-refractivity contribution in [2.45, 2.75) is 24.8 Å². The molecule has 0 saturated heterocycles. The molecule has 2 aromatic rings. The number of nitrogens with one attached hydrogen (secondary N) is 2. The van der Waals surface area contributed by atoms with Gasteiger partial charge in [-0.25, -0.2) is 9.19 Å². The van der Waals surface area contributed by atoms with Crippen molar-refractivity contribution in [3.05, 3.63) is 34.0 Å². The van der Waals surface area contributed by atoms with Crippen molar-refractivity contribution in [3.63, 3.8) is 0 Å². The molecule has 0 bridgehead atoms. The molecular weight excluding hydrogens is 453 g/mol. The van der Waals surface area contributed by atoms with Crippen molar-refractivity contribution in [2.24, 2.45) is 11.1 Å². The maximum absolute atomic E-state index is 11.7. The average molecular weight is 475 g/mol. The first-order chi connectivity index (χ1) is 11.7. The van der Waals surface area contributed by atoms with Gasteiger partial charge in [0, 0.05) is 16.8 Å². The van der Waals surface area contributed by atoms with E-state index in [-0.39, 0.29) is 18.6 Å². The average Bonchev–Trinajstić information content (AvgIpc) is 2.54. The molecule has 0 spiro atoms. The molecule has 0 aliphatic rings. The van der Waals surface area contributed by atoms with Crippen molar-refractivity contribution in [3.8, 4) is 0 Å². The van der Waals surface area contributed by atoms with E-state index in [2.05, 4.69) is 49.1 Å². The molecule has 1 aromatic carbocycles. The van der Waals surface area contributed by atoms with Crippen LogP contribution in [-0.2, 0) is 9.71 Å². The Bertz CT molecular complexity index is 825. The van der Waals surface area contributed by atoms with E-state index in [0.29, 0.717) is 16.7 Å². The van der Waals surface area contributed by atoms with Gasteiger partial charge < -0.3 is 15.7 Å². The van der Waals surface area contributed by atoms with Crippen LogP contribution < -0.4 is 15.8 Å². The van der Waals surface area contributed by atoms with Gasteiger partial charge in [-0.15, -0.1) is 0 Å². The van der Waals surface area contributed by atoms with Crippen LogP contribution in [0.5, 0.6) is 0 Å². The largest absolute Gasteiger partial charge is 0.394 e. The van der Waals surface area contributed by atoms with Crippen molar-refractivity contribution in [2.75, 3.05) is 17.2 Å². The highest BCUT2D eigenvalue weighted by molar-refractivity contribution is 14.1. The van der Waals surface area contributed by atoms with Crippen LogP contribution in [0.2, 0.25) is 0 Å². The van der Waals surface area contributed by atoms with Crippen LogP contribution in [0.25, 0.3) is 0 Å². The molecule has 0 fully saturated rings. The molecule has 2 rings (SSSR count). The molecule has 5 N–H and O–H groups in total.